The summed E-state index contributed by atoms with van der Waals surface area (Å²) in [7, 11) is 0. The zero-order valence-corrected chi connectivity index (χ0v) is 8.56. The Bertz CT molecular complexity index is 48.1. The summed E-state index contributed by atoms with van der Waals surface area (Å²) in [6.45, 7) is 0. The molecule has 0 rings (SSSR count). The Morgan fingerprint density at radius 2 is 2.60 bits per heavy atom. The average molecular weight is 258 g/mol. The molecule has 0 heterocycles. The molecule has 0 unspecified atom stereocenters. The third-order valence-electron chi connectivity index (χ3n) is 0.209. The van der Waals surface area contributed by atoms with Crippen LogP contribution in [-0.4, -0.2) is 0 Å². The Kier molecular flexibility index (Phi) is 4.42. The third-order valence-corrected chi connectivity index (χ3v) is 1.83. The minimum absolute atomic E-state index is 1.01. The van der Waals surface area contributed by atoms with Gasteiger partial charge < -0.3 is 0 Å². The van der Waals surface area contributed by atoms with Crippen LogP contribution in [0.15, 0.2) is 0 Å². The summed E-state index contributed by atoms with van der Waals surface area (Å²) < 4.78 is 6.35. The van der Waals surface area contributed by atoms with Crippen molar-refractivity contribution < 1.29 is 27.7 Å². The van der Waals surface area contributed by atoms with E-state index in [2.05, 4.69) is 2.64 Å². The van der Waals surface area contributed by atoms with Gasteiger partial charge in [-0.15, -0.1) is 0 Å². The second kappa shape index (κ2) is 4.23. The summed E-state index contributed by atoms with van der Waals surface area (Å²) in [4.78, 5) is 0. The van der Waals surface area contributed by atoms with Crippen LogP contribution in [0, 0.1) is 11.5 Å². The molecule has 0 saturated heterocycles. The van der Waals surface area contributed by atoms with E-state index in [4.69, 9.17) is 5.26 Å². The zero-order chi connectivity index (χ0) is 4.12. The van der Waals surface area contributed by atoms with Crippen LogP contribution in [-0.2, 0) is 27.7 Å². The molecule has 0 aliphatic rings. The third kappa shape index (κ3) is 4.23. The molecule has 24 valence electrons. The Hall–Kier alpha value is 0.225. The molecule has 3 heteroatoms. The van der Waals surface area contributed by atoms with Crippen LogP contribution >= 0.6 is 0 Å². The van der Waals surface area contributed by atoms with Gasteiger partial charge in [-0.1, -0.05) is 0 Å². The molecule has 0 fully saturated rings. The van der Waals surface area contributed by atoms with Crippen LogP contribution < -0.4 is 0 Å². The fourth-order valence-corrected chi connectivity index (χ4v) is 0.566. The zero-order valence-electron chi connectivity index (χ0n) is 3.06. The van der Waals surface area contributed by atoms with Gasteiger partial charge in [0.15, 0.2) is 0 Å². The van der Waals surface area contributed by atoms with E-state index in [9.17, 15) is 0 Å². The van der Waals surface area contributed by atoms with E-state index in [-0.39, 0.29) is 0 Å². The summed E-state index contributed by atoms with van der Waals surface area (Å²) in [5.74, 6) is 0. The van der Waals surface area contributed by atoms with Crippen molar-refractivity contribution in [1.29, 1.82) is 5.26 Å². The summed E-state index contributed by atoms with van der Waals surface area (Å²) in [6, 6.07) is 0. The van der Waals surface area contributed by atoms with Gasteiger partial charge in [0.05, 0.1) is 0 Å². The van der Waals surface area contributed by atoms with E-state index in [0.29, 0.717) is 0 Å². The molecule has 5 heavy (non-hydrogen) atoms. The maximum atomic E-state index is 7.65. The van der Waals surface area contributed by atoms with Crippen LogP contribution in [0.25, 0.3) is 0 Å². The van der Waals surface area contributed by atoms with Crippen molar-refractivity contribution in [2.45, 2.75) is 4.43 Å². The standard InChI is InChI=1S/CHNO.CH3.Hg/c2-1-3;;/h3H;1H3;/q;;+1/p-1. The first kappa shape index (κ1) is 5.23. The molecule has 0 aromatic heterocycles. The maximum absolute atomic E-state index is 7.65. The minimum atomic E-state index is -1.01. The quantitative estimate of drug-likeness (QED) is 0.507. The van der Waals surface area contributed by atoms with Crippen molar-refractivity contribution in [3.05, 3.63) is 0 Å². The predicted octanol–water partition coefficient (Wildman–Crippen LogP) is 0.530. The Balaban J connectivity index is 2.48. The predicted molar refractivity (Wildman–Crippen MR) is 12.6 cm³/mol. The van der Waals surface area contributed by atoms with E-state index in [1.807, 2.05) is 4.43 Å². The molecule has 0 N–H and O–H groups in total. The molecule has 0 aromatic rings. The van der Waals surface area contributed by atoms with Crippen LogP contribution in [0.5, 0.6) is 0 Å². The number of nitriles is 1. The van der Waals surface area contributed by atoms with Crippen LogP contribution in [0.3, 0.4) is 0 Å². The van der Waals surface area contributed by atoms with E-state index in [0.717, 1.165) is 0 Å². The first-order valence-electron chi connectivity index (χ1n) is 1.42. The van der Waals surface area contributed by atoms with Gasteiger partial charge in [-0.2, -0.15) is 0 Å². The SMILES string of the molecule is [CH3][Hg][O]C#N. The van der Waals surface area contributed by atoms with Gasteiger partial charge in [0.25, 0.3) is 0 Å². The molecule has 0 spiro atoms. The van der Waals surface area contributed by atoms with Gasteiger partial charge in [0, 0.05) is 0 Å². The number of nitrogens with zero attached hydrogens (tertiary/aromatic N) is 1. The molecule has 2 nitrogen and oxygen atoms in total. The molecular weight excluding hydrogens is 255 g/mol. The molecule has 0 aromatic carbocycles. The summed E-state index contributed by atoms with van der Waals surface area (Å²) in [6.07, 6.45) is 1.62. The van der Waals surface area contributed by atoms with Crippen LogP contribution in [0.1, 0.15) is 0 Å². The Labute approximate surface area is 43.8 Å². The van der Waals surface area contributed by atoms with Crippen molar-refractivity contribution in [3.63, 3.8) is 0 Å². The van der Waals surface area contributed by atoms with Gasteiger partial charge in [0.1, 0.15) is 0 Å². The summed E-state index contributed by atoms with van der Waals surface area (Å²) in [5, 5.41) is 7.65. The van der Waals surface area contributed by atoms with Crippen molar-refractivity contribution in [3.8, 4) is 6.26 Å². The van der Waals surface area contributed by atoms with E-state index in [1.54, 1.807) is 6.26 Å². The first-order chi connectivity index (χ1) is 2.41. The summed E-state index contributed by atoms with van der Waals surface area (Å²) >= 11 is -1.01. The molecular formula is C2H3HgNO. The molecule has 0 atom stereocenters. The number of hydrogen-bond acceptors (Lipinski definition) is 2. The van der Waals surface area contributed by atoms with E-state index in [1.165, 1.54) is 0 Å². The van der Waals surface area contributed by atoms with Crippen molar-refractivity contribution in [2.24, 2.45) is 0 Å². The van der Waals surface area contributed by atoms with Gasteiger partial charge in [-0.3, -0.25) is 0 Å². The van der Waals surface area contributed by atoms with Crippen molar-refractivity contribution in [1.82, 2.24) is 0 Å². The second-order valence-electron chi connectivity index (χ2n) is 0.524. The van der Waals surface area contributed by atoms with E-state index < -0.39 is 25.0 Å². The molecule has 0 aliphatic carbocycles. The van der Waals surface area contributed by atoms with Gasteiger partial charge >= 0.3 is 43.6 Å². The average Bonchev–Trinajstić information content (AvgIpc) is 1.41. The van der Waals surface area contributed by atoms with Crippen LogP contribution in [0.2, 0.25) is 4.43 Å². The van der Waals surface area contributed by atoms with Crippen molar-refractivity contribution in [2.75, 3.05) is 0 Å². The molecule has 0 aliphatic heterocycles. The second-order valence-corrected chi connectivity index (χ2v) is 3.89. The molecule has 0 saturated carbocycles. The van der Waals surface area contributed by atoms with Gasteiger partial charge in [0.2, 0.25) is 0 Å². The van der Waals surface area contributed by atoms with Crippen LogP contribution in [0.4, 0.5) is 0 Å². The molecule has 0 radical (unpaired) electrons. The van der Waals surface area contributed by atoms with Crippen molar-refractivity contribution >= 4 is 0 Å². The number of rotatable bonds is 1. The fourth-order valence-electron chi connectivity index (χ4n) is 0.0645. The number of hydrogen-bond donors (Lipinski definition) is 0. The Morgan fingerprint density at radius 3 is 2.60 bits per heavy atom. The normalized spacial score (nSPS) is 4.00. The summed E-state index contributed by atoms with van der Waals surface area (Å²) in [5.41, 5.74) is 0. The van der Waals surface area contributed by atoms with Gasteiger partial charge in [-0.05, 0) is 0 Å². The van der Waals surface area contributed by atoms with E-state index >= 15 is 0 Å². The fraction of sp³-hybridized carbons (Fsp3) is 0.500. The monoisotopic (exact) mass is 259 g/mol. The van der Waals surface area contributed by atoms with Gasteiger partial charge in [-0.25, -0.2) is 0 Å². The first-order valence-corrected chi connectivity index (χ1v) is 9.17. The molecule has 0 bridgehead atoms. The Morgan fingerprint density at radius 1 is 2.00 bits per heavy atom. The molecule has 0 amide bonds. The topological polar surface area (TPSA) is 33.0 Å².